The maximum absolute atomic E-state index is 5.59. The van der Waals surface area contributed by atoms with Crippen LogP contribution in [0.4, 0.5) is 0 Å². The van der Waals surface area contributed by atoms with E-state index in [1.807, 2.05) is 0 Å². The molecule has 2 atom stereocenters. The molecule has 1 fully saturated rings. The van der Waals surface area contributed by atoms with Gasteiger partial charge in [0.1, 0.15) is 0 Å². The van der Waals surface area contributed by atoms with Crippen LogP contribution in [0.2, 0.25) is 0 Å². The molecule has 2 unspecified atom stereocenters. The maximum Gasteiger partial charge on any atom is 0.0500 e. The Morgan fingerprint density at radius 3 is 3.06 bits per heavy atom. The van der Waals surface area contributed by atoms with E-state index in [1.165, 1.54) is 17.5 Å². The van der Waals surface area contributed by atoms with Crippen molar-refractivity contribution in [2.75, 3.05) is 19.8 Å². The fourth-order valence-electron chi connectivity index (χ4n) is 2.42. The van der Waals surface area contributed by atoms with Gasteiger partial charge in [-0.05, 0) is 42.3 Å². The fourth-order valence-corrected chi connectivity index (χ4v) is 2.42. The van der Waals surface area contributed by atoms with E-state index in [0.29, 0.717) is 11.8 Å². The van der Waals surface area contributed by atoms with Gasteiger partial charge in [-0.25, -0.2) is 0 Å². The first-order valence-electron chi connectivity index (χ1n) is 6.18. The van der Waals surface area contributed by atoms with Gasteiger partial charge < -0.3 is 10.5 Å². The fraction of sp³-hybridized carbons (Fsp3) is 0.571. The Morgan fingerprint density at radius 1 is 1.50 bits per heavy atom. The first-order chi connectivity index (χ1) is 7.81. The van der Waals surface area contributed by atoms with Crippen LogP contribution in [-0.4, -0.2) is 19.8 Å². The van der Waals surface area contributed by atoms with E-state index in [9.17, 15) is 0 Å². The second-order valence-electron chi connectivity index (χ2n) is 4.70. The molecule has 0 aromatic heterocycles. The topological polar surface area (TPSA) is 35.2 Å². The highest BCUT2D eigenvalue weighted by molar-refractivity contribution is 5.27. The third-order valence-electron chi connectivity index (χ3n) is 3.58. The van der Waals surface area contributed by atoms with E-state index in [2.05, 4.69) is 31.2 Å². The largest absolute Gasteiger partial charge is 0.381 e. The molecule has 2 heteroatoms. The Labute approximate surface area is 97.8 Å². The predicted octanol–water partition coefficient (Wildman–Crippen LogP) is 2.33. The molecule has 1 aliphatic rings. The Morgan fingerprint density at radius 2 is 2.38 bits per heavy atom. The first-order valence-corrected chi connectivity index (χ1v) is 6.18. The van der Waals surface area contributed by atoms with E-state index in [1.54, 1.807) is 0 Å². The molecule has 1 aliphatic heterocycles. The van der Waals surface area contributed by atoms with Crippen molar-refractivity contribution < 1.29 is 4.74 Å². The molecule has 0 saturated carbocycles. The molecule has 0 bridgehead atoms. The Hall–Kier alpha value is -0.860. The van der Waals surface area contributed by atoms with Gasteiger partial charge in [-0.3, -0.25) is 0 Å². The summed E-state index contributed by atoms with van der Waals surface area (Å²) in [4.78, 5) is 0. The van der Waals surface area contributed by atoms with Crippen molar-refractivity contribution in [3.05, 3.63) is 35.4 Å². The molecule has 1 heterocycles. The highest BCUT2D eigenvalue weighted by Gasteiger charge is 2.23. The van der Waals surface area contributed by atoms with Gasteiger partial charge in [0, 0.05) is 6.61 Å². The molecular weight excluding hydrogens is 198 g/mol. The van der Waals surface area contributed by atoms with Gasteiger partial charge >= 0.3 is 0 Å². The van der Waals surface area contributed by atoms with Crippen LogP contribution < -0.4 is 5.73 Å². The van der Waals surface area contributed by atoms with Crippen molar-refractivity contribution in [3.8, 4) is 0 Å². The molecule has 1 aromatic carbocycles. The number of rotatable bonds is 4. The molecule has 88 valence electrons. The van der Waals surface area contributed by atoms with Crippen LogP contribution in [-0.2, 0) is 11.2 Å². The van der Waals surface area contributed by atoms with E-state index in [-0.39, 0.29) is 0 Å². The van der Waals surface area contributed by atoms with Crippen LogP contribution in [0.1, 0.15) is 30.4 Å². The molecule has 0 spiro atoms. The van der Waals surface area contributed by atoms with Crippen molar-refractivity contribution in [1.29, 1.82) is 0 Å². The average Bonchev–Trinajstić information content (AvgIpc) is 2.82. The highest BCUT2D eigenvalue weighted by Crippen LogP contribution is 2.30. The molecule has 0 radical (unpaired) electrons. The second kappa shape index (κ2) is 5.46. The zero-order valence-corrected chi connectivity index (χ0v) is 9.99. The standard InChI is InChI=1S/C14H21NO/c1-11(14-6-8-16-10-14)13-4-2-3-12(9-13)5-7-15/h2-4,9,11,14H,5-8,10,15H2,1H3. The maximum atomic E-state index is 5.59. The Balaban J connectivity index is 2.09. The summed E-state index contributed by atoms with van der Waals surface area (Å²) in [6.07, 6.45) is 2.17. The minimum Gasteiger partial charge on any atom is -0.381 e. The van der Waals surface area contributed by atoms with Crippen LogP contribution in [0, 0.1) is 5.92 Å². The monoisotopic (exact) mass is 219 g/mol. The average molecular weight is 219 g/mol. The second-order valence-corrected chi connectivity index (χ2v) is 4.70. The van der Waals surface area contributed by atoms with Crippen LogP contribution in [0.3, 0.4) is 0 Å². The van der Waals surface area contributed by atoms with Gasteiger partial charge in [0.2, 0.25) is 0 Å². The normalized spacial score (nSPS) is 22.2. The van der Waals surface area contributed by atoms with E-state index >= 15 is 0 Å². The minimum absolute atomic E-state index is 0.597. The lowest BCUT2D eigenvalue weighted by atomic mass is 9.86. The Kier molecular flexibility index (Phi) is 3.97. The van der Waals surface area contributed by atoms with Gasteiger partial charge in [0.15, 0.2) is 0 Å². The molecule has 16 heavy (non-hydrogen) atoms. The van der Waals surface area contributed by atoms with Crippen LogP contribution in [0.15, 0.2) is 24.3 Å². The van der Waals surface area contributed by atoms with Crippen molar-refractivity contribution in [2.24, 2.45) is 11.7 Å². The van der Waals surface area contributed by atoms with Crippen molar-refractivity contribution in [1.82, 2.24) is 0 Å². The number of benzene rings is 1. The number of hydrogen-bond acceptors (Lipinski definition) is 2. The molecular formula is C14H21NO. The quantitative estimate of drug-likeness (QED) is 0.843. The number of nitrogens with two attached hydrogens (primary N) is 1. The summed E-state index contributed by atoms with van der Waals surface area (Å²) in [5.41, 5.74) is 8.37. The summed E-state index contributed by atoms with van der Waals surface area (Å²) in [6, 6.07) is 8.83. The van der Waals surface area contributed by atoms with Gasteiger partial charge in [-0.15, -0.1) is 0 Å². The summed E-state index contributed by atoms with van der Waals surface area (Å²) in [7, 11) is 0. The molecule has 0 aliphatic carbocycles. The minimum atomic E-state index is 0.597. The van der Waals surface area contributed by atoms with E-state index in [4.69, 9.17) is 10.5 Å². The van der Waals surface area contributed by atoms with E-state index in [0.717, 1.165) is 26.2 Å². The van der Waals surface area contributed by atoms with Gasteiger partial charge in [-0.2, -0.15) is 0 Å². The number of ether oxygens (including phenoxy) is 1. The van der Waals surface area contributed by atoms with Crippen molar-refractivity contribution in [3.63, 3.8) is 0 Å². The third kappa shape index (κ3) is 2.63. The third-order valence-corrected chi connectivity index (χ3v) is 3.58. The predicted molar refractivity (Wildman–Crippen MR) is 66.5 cm³/mol. The highest BCUT2D eigenvalue weighted by atomic mass is 16.5. The molecule has 1 aromatic rings. The lowest BCUT2D eigenvalue weighted by molar-refractivity contribution is 0.181. The molecule has 0 amide bonds. The summed E-state index contributed by atoms with van der Waals surface area (Å²) in [5.74, 6) is 1.29. The summed E-state index contributed by atoms with van der Waals surface area (Å²) >= 11 is 0. The van der Waals surface area contributed by atoms with Crippen LogP contribution >= 0.6 is 0 Å². The lowest BCUT2D eigenvalue weighted by Gasteiger charge is -2.18. The lowest BCUT2D eigenvalue weighted by Crippen LogP contribution is -2.10. The van der Waals surface area contributed by atoms with Crippen molar-refractivity contribution in [2.45, 2.75) is 25.7 Å². The van der Waals surface area contributed by atoms with Gasteiger partial charge in [-0.1, -0.05) is 31.2 Å². The Bertz CT molecular complexity index is 331. The van der Waals surface area contributed by atoms with Crippen LogP contribution in [0.5, 0.6) is 0 Å². The van der Waals surface area contributed by atoms with Crippen LogP contribution in [0.25, 0.3) is 0 Å². The van der Waals surface area contributed by atoms with Crippen molar-refractivity contribution >= 4 is 0 Å². The molecule has 2 N–H and O–H groups in total. The number of hydrogen-bond donors (Lipinski definition) is 1. The summed E-state index contributed by atoms with van der Waals surface area (Å²) in [5, 5.41) is 0. The SMILES string of the molecule is CC(c1cccc(CCN)c1)C1CCOC1. The smallest absolute Gasteiger partial charge is 0.0500 e. The van der Waals surface area contributed by atoms with Gasteiger partial charge in [0.25, 0.3) is 0 Å². The summed E-state index contributed by atoms with van der Waals surface area (Å²) in [6.45, 7) is 4.88. The van der Waals surface area contributed by atoms with E-state index < -0.39 is 0 Å². The molecule has 2 nitrogen and oxygen atoms in total. The molecule has 2 rings (SSSR count). The zero-order valence-electron chi connectivity index (χ0n) is 9.99. The summed E-state index contributed by atoms with van der Waals surface area (Å²) < 4.78 is 5.46. The molecule has 1 saturated heterocycles. The zero-order chi connectivity index (χ0) is 11.4. The van der Waals surface area contributed by atoms with Gasteiger partial charge in [0.05, 0.1) is 6.61 Å². The first kappa shape index (κ1) is 11.6.